The summed E-state index contributed by atoms with van der Waals surface area (Å²) in [6, 6.07) is 0. The summed E-state index contributed by atoms with van der Waals surface area (Å²) >= 11 is 0. The van der Waals surface area contributed by atoms with Gasteiger partial charge in [0.2, 0.25) is 0 Å². The highest BCUT2D eigenvalue weighted by molar-refractivity contribution is 8.34. The summed E-state index contributed by atoms with van der Waals surface area (Å²) in [4.78, 5) is 0. The standard InChI is InChI=1S/C2HN2O4PS/c5-9-6-2-1-10(7-9,8-9)4-3-2/h1H. The summed E-state index contributed by atoms with van der Waals surface area (Å²) in [5.74, 6) is 0.260. The number of phosphoric acid groups is 1. The fraction of sp³-hybridized carbons (Fsp3) is 0. The second-order valence-electron chi connectivity index (χ2n) is 1.84. The van der Waals surface area contributed by atoms with Gasteiger partial charge in [0.25, 0.3) is 5.88 Å². The maximum Gasteiger partial charge on any atom is 0.573 e. The Morgan fingerprint density at radius 1 is 1.60 bits per heavy atom. The lowest BCUT2D eigenvalue weighted by Crippen LogP contribution is -2.16. The Morgan fingerprint density at radius 3 is 3.10 bits per heavy atom. The van der Waals surface area contributed by atoms with Crippen LogP contribution in [-0.4, -0.2) is 0 Å². The van der Waals surface area contributed by atoms with Gasteiger partial charge in [0.15, 0.2) is 0 Å². The summed E-state index contributed by atoms with van der Waals surface area (Å²) in [7, 11) is -5.23. The molecule has 0 amide bonds. The van der Waals surface area contributed by atoms with E-state index in [1.54, 1.807) is 0 Å². The van der Waals surface area contributed by atoms with Crippen molar-refractivity contribution in [3.8, 4) is 0 Å². The number of nitrogens with zero attached hydrogens (tertiary/aromatic N) is 2. The Morgan fingerprint density at radius 2 is 2.40 bits per heavy atom. The molecule has 4 rings (SSSR count). The van der Waals surface area contributed by atoms with E-state index in [2.05, 4.69) is 14.2 Å². The van der Waals surface area contributed by atoms with Gasteiger partial charge in [-0.25, -0.2) is 4.57 Å². The third kappa shape index (κ3) is 0.441. The lowest BCUT2D eigenvalue weighted by atomic mass is 11.0. The Balaban J connectivity index is 2.25. The minimum atomic E-state index is -3.22. The molecule has 0 aliphatic carbocycles. The normalized spacial score (nSPS) is 59.8. The van der Waals surface area contributed by atoms with E-state index in [0.29, 0.717) is 0 Å². The molecule has 10 heavy (non-hydrogen) atoms. The summed E-state index contributed by atoms with van der Waals surface area (Å²) < 4.78 is 28.8. The van der Waals surface area contributed by atoms with Gasteiger partial charge in [0, 0.05) is 0 Å². The predicted molar refractivity (Wildman–Crippen MR) is 31.4 cm³/mol. The lowest BCUT2D eigenvalue weighted by Gasteiger charge is -2.43. The maximum absolute atomic E-state index is 10.9. The smallest absolute Gasteiger partial charge is 0.380 e. The van der Waals surface area contributed by atoms with Crippen molar-refractivity contribution in [2.75, 3.05) is 0 Å². The lowest BCUT2D eigenvalue weighted by molar-refractivity contribution is 0.220. The van der Waals surface area contributed by atoms with Crippen LogP contribution in [0.5, 0.6) is 0 Å². The number of rotatable bonds is 0. The average Bonchev–Trinajstić information content (AvgIpc) is 2.02. The third-order valence-corrected chi connectivity index (χ3v) is 5.49. The Labute approximate surface area is 57.3 Å². The maximum atomic E-state index is 10.9. The number of hydrogen-bond acceptors (Lipinski definition) is 6. The Bertz CT molecular complexity index is 313. The van der Waals surface area contributed by atoms with Crippen molar-refractivity contribution in [1.82, 2.24) is 0 Å². The predicted octanol–water partition coefficient (Wildman–Crippen LogP) is 1.99. The molecule has 0 unspecified atom stereocenters. The van der Waals surface area contributed by atoms with Crippen LogP contribution in [0, 0.1) is 0 Å². The van der Waals surface area contributed by atoms with Crippen LogP contribution in [0.4, 0.5) is 0 Å². The highest BCUT2D eigenvalue weighted by Crippen LogP contribution is 2.89. The first-order chi connectivity index (χ1) is 4.70. The van der Waals surface area contributed by atoms with Crippen LogP contribution in [-0.2, 0) is 17.0 Å². The minimum absolute atomic E-state index is 0.260. The fourth-order valence-electron chi connectivity index (χ4n) is 0.796. The van der Waals surface area contributed by atoms with Gasteiger partial charge in [-0.15, -0.1) is 7.94 Å². The average molecular weight is 180 g/mol. The first kappa shape index (κ1) is 5.31. The second kappa shape index (κ2) is 1.18. The molecule has 0 aromatic heterocycles. The summed E-state index contributed by atoms with van der Waals surface area (Å²) in [6.07, 6.45) is 0. The zero-order chi connectivity index (χ0) is 6.82. The zero-order valence-electron chi connectivity index (χ0n) is 4.46. The highest BCUT2D eigenvalue weighted by Gasteiger charge is 2.60. The van der Waals surface area contributed by atoms with Gasteiger partial charge >= 0.3 is 7.82 Å². The van der Waals surface area contributed by atoms with Gasteiger partial charge in [-0.1, -0.05) is 5.11 Å². The van der Waals surface area contributed by atoms with Crippen LogP contribution in [0.25, 0.3) is 0 Å². The largest absolute Gasteiger partial charge is 0.573 e. The van der Waals surface area contributed by atoms with Gasteiger partial charge in [0.05, 0.1) is 0 Å². The minimum Gasteiger partial charge on any atom is -0.380 e. The molecule has 1 spiro atoms. The van der Waals surface area contributed by atoms with E-state index in [0.717, 1.165) is 0 Å². The van der Waals surface area contributed by atoms with E-state index in [9.17, 15) is 4.57 Å². The Kier molecular flexibility index (Phi) is 0.629. The first-order valence-corrected chi connectivity index (χ1v) is 5.36. The monoisotopic (exact) mass is 180 g/mol. The quantitative estimate of drug-likeness (QED) is 0.534. The van der Waals surface area contributed by atoms with Gasteiger partial charge in [0.1, 0.15) is 5.41 Å². The van der Waals surface area contributed by atoms with Crippen LogP contribution in [0.15, 0.2) is 20.9 Å². The van der Waals surface area contributed by atoms with Crippen LogP contribution in [0.1, 0.15) is 0 Å². The van der Waals surface area contributed by atoms with Crippen molar-refractivity contribution in [2.24, 2.45) is 9.63 Å². The molecule has 0 atom stereocenters. The van der Waals surface area contributed by atoms with Gasteiger partial charge in [-0.2, -0.15) is 0 Å². The summed E-state index contributed by atoms with van der Waals surface area (Å²) in [5, 5.41) is 5.04. The molecule has 54 valence electrons. The molecule has 0 aromatic rings. The van der Waals surface area contributed by atoms with Crippen molar-refractivity contribution < 1.29 is 17.0 Å². The molecule has 0 aromatic carbocycles. The molecule has 1 fully saturated rings. The van der Waals surface area contributed by atoms with Crippen molar-refractivity contribution in [2.45, 2.75) is 0 Å². The van der Waals surface area contributed by atoms with Crippen LogP contribution in [0.2, 0.25) is 0 Å². The SMILES string of the molecule is O=P12OC3=CS(N=N3)(O1)O2. The van der Waals surface area contributed by atoms with Gasteiger partial charge in [-0.3, -0.25) is 0 Å². The molecular formula is C2HN2O4PS. The van der Waals surface area contributed by atoms with E-state index >= 15 is 0 Å². The van der Waals surface area contributed by atoms with Crippen LogP contribution in [0.3, 0.4) is 0 Å². The molecule has 1 saturated heterocycles. The van der Waals surface area contributed by atoms with Crippen molar-refractivity contribution in [3.05, 3.63) is 11.3 Å². The second-order valence-corrected chi connectivity index (χ2v) is 5.54. The number of hydrogen-bond donors (Lipinski definition) is 0. The molecule has 4 aliphatic rings. The van der Waals surface area contributed by atoms with Gasteiger partial charge < -0.3 is 4.52 Å². The molecule has 4 aliphatic heterocycles. The van der Waals surface area contributed by atoms with Crippen molar-refractivity contribution in [1.29, 1.82) is 0 Å². The van der Waals surface area contributed by atoms with Crippen LogP contribution < -0.4 is 0 Å². The summed E-state index contributed by atoms with van der Waals surface area (Å²) in [6.45, 7) is 0. The van der Waals surface area contributed by atoms with E-state index in [1.807, 2.05) is 0 Å². The zero-order valence-corrected chi connectivity index (χ0v) is 6.17. The molecular weight excluding hydrogens is 179 g/mol. The third-order valence-electron chi connectivity index (χ3n) is 1.10. The van der Waals surface area contributed by atoms with Crippen molar-refractivity contribution >= 4 is 18.6 Å². The topological polar surface area (TPSA) is 69.5 Å². The Hall–Kier alpha value is -0.360. The summed E-state index contributed by atoms with van der Waals surface area (Å²) in [5.41, 5.74) is 0. The van der Waals surface area contributed by atoms with E-state index in [1.165, 1.54) is 5.41 Å². The van der Waals surface area contributed by atoms with E-state index in [-0.39, 0.29) is 5.88 Å². The van der Waals surface area contributed by atoms with Crippen LogP contribution >= 0.6 is 18.6 Å². The van der Waals surface area contributed by atoms with E-state index in [4.69, 9.17) is 7.94 Å². The molecule has 0 N–H and O–H groups in total. The van der Waals surface area contributed by atoms with E-state index < -0.39 is 18.6 Å². The molecule has 3 bridgehead atoms. The molecule has 6 nitrogen and oxygen atoms in total. The molecule has 0 saturated carbocycles. The highest BCUT2D eigenvalue weighted by atomic mass is 32.3. The first-order valence-electron chi connectivity index (χ1n) is 2.40. The molecule has 0 radical (unpaired) electrons. The molecule has 8 heteroatoms. The fourth-order valence-corrected chi connectivity index (χ4v) is 4.74. The van der Waals surface area contributed by atoms with Gasteiger partial charge in [-0.05, 0) is 15.3 Å². The molecule has 4 heterocycles. The van der Waals surface area contributed by atoms with Crippen molar-refractivity contribution in [3.63, 3.8) is 0 Å².